The fraction of sp³-hybridized carbons (Fsp3) is 1.00. The third-order valence-corrected chi connectivity index (χ3v) is 6.20. The minimum Gasteiger partial charge on any atom is -0.254 e. The standard InChI is InChI=1S/C12H18Cl3NO3S/c13-12(14,15)7-19-20(17,18)16-11-4-8-1-9(5-11)3-10(2-8)6-11/h8-10,16H,1-7H2. The lowest BCUT2D eigenvalue weighted by molar-refractivity contribution is -0.00960. The lowest BCUT2D eigenvalue weighted by Gasteiger charge is -2.56. The Labute approximate surface area is 134 Å². The molecule has 0 aromatic heterocycles. The first-order valence-corrected chi connectivity index (χ1v) is 9.44. The average Bonchev–Trinajstić information content (AvgIpc) is 2.22. The Morgan fingerprint density at radius 3 is 1.90 bits per heavy atom. The van der Waals surface area contributed by atoms with Gasteiger partial charge < -0.3 is 0 Å². The van der Waals surface area contributed by atoms with Crippen LogP contribution >= 0.6 is 34.8 Å². The summed E-state index contributed by atoms with van der Waals surface area (Å²) in [5, 5.41) is 0. The van der Waals surface area contributed by atoms with E-state index in [0.29, 0.717) is 17.8 Å². The van der Waals surface area contributed by atoms with Gasteiger partial charge in [0.1, 0.15) is 6.61 Å². The van der Waals surface area contributed by atoms with Crippen molar-refractivity contribution in [3.05, 3.63) is 0 Å². The summed E-state index contributed by atoms with van der Waals surface area (Å²) in [4.78, 5) is 0. The van der Waals surface area contributed by atoms with Gasteiger partial charge in [0.2, 0.25) is 3.79 Å². The smallest absolute Gasteiger partial charge is 0.254 e. The first-order chi connectivity index (χ1) is 9.15. The molecule has 0 aromatic carbocycles. The maximum absolute atomic E-state index is 12.1. The van der Waals surface area contributed by atoms with Crippen LogP contribution in [0.3, 0.4) is 0 Å². The second-order valence-electron chi connectivity index (χ2n) is 6.63. The highest BCUT2D eigenvalue weighted by molar-refractivity contribution is 7.84. The zero-order valence-corrected chi connectivity index (χ0v) is 14.0. The minimum absolute atomic E-state index is 0.332. The maximum atomic E-state index is 12.1. The van der Waals surface area contributed by atoms with Gasteiger partial charge in [-0.3, -0.25) is 4.18 Å². The molecular formula is C12H18Cl3NO3S. The molecule has 0 aromatic rings. The molecule has 4 nitrogen and oxygen atoms in total. The molecule has 8 heteroatoms. The van der Waals surface area contributed by atoms with Gasteiger partial charge in [-0.15, -0.1) is 0 Å². The van der Waals surface area contributed by atoms with Crippen molar-refractivity contribution in [2.24, 2.45) is 17.8 Å². The summed E-state index contributed by atoms with van der Waals surface area (Å²) in [7, 11) is -3.88. The molecule has 20 heavy (non-hydrogen) atoms. The van der Waals surface area contributed by atoms with Crippen LogP contribution in [0.2, 0.25) is 0 Å². The van der Waals surface area contributed by atoms with Crippen molar-refractivity contribution in [2.75, 3.05) is 6.61 Å². The molecule has 0 amide bonds. The summed E-state index contributed by atoms with van der Waals surface area (Å²) < 4.78 is 29.9. The summed E-state index contributed by atoms with van der Waals surface area (Å²) in [5.74, 6) is 1.95. The van der Waals surface area contributed by atoms with Crippen LogP contribution in [-0.2, 0) is 14.5 Å². The van der Waals surface area contributed by atoms with E-state index < -0.39 is 20.7 Å². The van der Waals surface area contributed by atoms with E-state index in [-0.39, 0.29) is 5.54 Å². The van der Waals surface area contributed by atoms with Crippen LogP contribution in [0.5, 0.6) is 0 Å². The van der Waals surface area contributed by atoms with Crippen molar-refractivity contribution >= 4 is 45.1 Å². The molecule has 1 N–H and O–H groups in total. The lowest BCUT2D eigenvalue weighted by atomic mass is 9.53. The Hall–Kier alpha value is 0.740. The first kappa shape index (κ1) is 15.6. The van der Waals surface area contributed by atoms with E-state index in [2.05, 4.69) is 4.72 Å². The molecule has 4 saturated carbocycles. The molecule has 4 bridgehead atoms. The van der Waals surface area contributed by atoms with Gasteiger partial charge in [-0.25, -0.2) is 0 Å². The molecule has 0 saturated heterocycles. The zero-order chi connectivity index (χ0) is 14.6. The van der Waals surface area contributed by atoms with Gasteiger partial charge in [-0.1, -0.05) is 34.8 Å². The van der Waals surface area contributed by atoms with Crippen LogP contribution in [0.25, 0.3) is 0 Å². The van der Waals surface area contributed by atoms with Crippen molar-refractivity contribution in [1.82, 2.24) is 4.72 Å². The van der Waals surface area contributed by atoms with Gasteiger partial charge in [0.25, 0.3) is 0 Å². The number of rotatable bonds is 4. The van der Waals surface area contributed by atoms with Crippen LogP contribution in [0, 0.1) is 17.8 Å². The molecule has 0 heterocycles. The minimum atomic E-state index is -3.88. The SMILES string of the molecule is O=S(=O)(NC12CC3CC(CC(C3)C1)C2)OCC(Cl)(Cl)Cl. The van der Waals surface area contributed by atoms with Gasteiger partial charge in [-0.2, -0.15) is 13.1 Å². The Morgan fingerprint density at radius 2 is 1.50 bits per heavy atom. The van der Waals surface area contributed by atoms with Crippen LogP contribution in [0.4, 0.5) is 0 Å². The topological polar surface area (TPSA) is 55.4 Å². The summed E-state index contributed by atoms with van der Waals surface area (Å²) >= 11 is 16.6. The number of halogens is 3. The monoisotopic (exact) mass is 361 g/mol. The average molecular weight is 363 g/mol. The zero-order valence-electron chi connectivity index (χ0n) is 10.9. The van der Waals surface area contributed by atoms with E-state index in [4.69, 9.17) is 39.0 Å². The molecule has 4 aliphatic rings. The van der Waals surface area contributed by atoms with Gasteiger partial charge in [0.15, 0.2) is 0 Å². The third-order valence-electron chi connectivity index (χ3n) is 4.76. The largest absolute Gasteiger partial charge is 0.336 e. The fourth-order valence-electron chi connectivity index (χ4n) is 4.67. The molecule has 0 spiro atoms. The molecule has 0 radical (unpaired) electrons. The van der Waals surface area contributed by atoms with Gasteiger partial charge >= 0.3 is 10.3 Å². The molecule has 4 aliphatic carbocycles. The van der Waals surface area contributed by atoms with Crippen LogP contribution < -0.4 is 4.72 Å². The lowest BCUT2D eigenvalue weighted by Crippen LogP contribution is -2.60. The van der Waals surface area contributed by atoms with Crippen LogP contribution in [-0.4, -0.2) is 24.4 Å². The molecular weight excluding hydrogens is 345 g/mol. The van der Waals surface area contributed by atoms with E-state index >= 15 is 0 Å². The number of nitrogens with one attached hydrogen (secondary N) is 1. The number of alkyl halides is 3. The Bertz CT molecular complexity index is 453. The van der Waals surface area contributed by atoms with Crippen LogP contribution in [0.15, 0.2) is 0 Å². The number of hydrogen-bond acceptors (Lipinski definition) is 3. The van der Waals surface area contributed by atoms with Crippen molar-refractivity contribution in [2.45, 2.75) is 47.9 Å². The van der Waals surface area contributed by atoms with Gasteiger partial charge in [0, 0.05) is 5.54 Å². The van der Waals surface area contributed by atoms with Crippen molar-refractivity contribution < 1.29 is 12.6 Å². The molecule has 0 unspecified atom stereocenters. The van der Waals surface area contributed by atoms with E-state index in [1.807, 2.05) is 0 Å². The first-order valence-electron chi connectivity index (χ1n) is 6.90. The second kappa shape index (κ2) is 5.14. The quantitative estimate of drug-likeness (QED) is 0.782. The predicted molar refractivity (Wildman–Crippen MR) is 79.2 cm³/mol. The fourth-order valence-corrected chi connectivity index (χ4v) is 6.20. The second-order valence-corrected chi connectivity index (χ2v) is 10.5. The Morgan fingerprint density at radius 1 is 1.05 bits per heavy atom. The highest BCUT2D eigenvalue weighted by Crippen LogP contribution is 2.55. The van der Waals surface area contributed by atoms with Crippen molar-refractivity contribution in [3.63, 3.8) is 0 Å². The highest BCUT2D eigenvalue weighted by Gasteiger charge is 2.52. The maximum Gasteiger partial charge on any atom is 0.336 e. The predicted octanol–water partition coefficient (Wildman–Crippen LogP) is 3.18. The summed E-state index contributed by atoms with van der Waals surface area (Å²) in [6, 6.07) is 0. The molecule has 4 fully saturated rings. The van der Waals surface area contributed by atoms with E-state index in [9.17, 15) is 8.42 Å². The van der Waals surface area contributed by atoms with Gasteiger partial charge in [0.05, 0.1) is 0 Å². The number of hydrogen-bond donors (Lipinski definition) is 1. The van der Waals surface area contributed by atoms with Crippen LogP contribution in [0.1, 0.15) is 38.5 Å². The third kappa shape index (κ3) is 3.55. The normalized spacial score (nSPS) is 40.2. The molecule has 0 atom stereocenters. The summed E-state index contributed by atoms with van der Waals surface area (Å²) in [6.07, 6.45) is 6.47. The Balaban J connectivity index is 1.68. The Kier molecular flexibility index (Phi) is 4.01. The molecule has 116 valence electrons. The van der Waals surface area contributed by atoms with E-state index in [1.165, 1.54) is 19.3 Å². The summed E-state index contributed by atoms with van der Waals surface area (Å²) in [6.45, 7) is -0.473. The highest BCUT2D eigenvalue weighted by atomic mass is 35.6. The van der Waals surface area contributed by atoms with Crippen molar-refractivity contribution in [3.8, 4) is 0 Å². The van der Waals surface area contributed by atoms with E-state index in [1.54, 1.807) is 0 Å². The molecule has 0 aliphatic heterocycles. The molecule has 4 rings (SSSR count). The summed E-state index contributed by atoms with van der Waals surface area (Å²) in [5.41, 5.74) is -0.332. The van der Waals surface area contributed by atoms with Crippen molar-refractivity contribution in [1.29, 1.82) is 0 Å². The van der Waals surface area contributed by atoms with Gasteiger partial charge in [-0.05, 0) is 56.3 Å². The van der Waals surface area contributed by atoms with E-state index in [0.717, 1.165) is 19.3 Å².